The maximum Gasteiger partial charge on any atom is 0.322 e. The average molecular weight is 195 g/mol. The minimum Gasteiger partial charge on any atom is -0.341 e. The van der Waals surface area contributed by atoms with Crippen molar-refractivity contribution < 1.29 is 9.18 Å². The first kappa shape index (κ1) is 8.93. The summed E-state index contributed by atoms with van der Waals surface area (Å²) in [6.45, 7) is 0.561. The average Bonchev–Trinajstić information content (AvgIpc) is 2.59. The van der Waals surface area contributed by atoms with E-state index in [0.29, 0.717) is 18.8 Å². The van der Waals surface area contributed by atoms with E-state index in [4.69, 9.17) is 0 Å². The molecule has 0 saturated heterocycles. The number of hydrogen-bond donors (Lipinski definition) is 1. The normalized spacial score (nSPS) is 14.0. The predicted molar refractivity (Wildman–Crippen MR) is 49.7 cm³/mol. The molecule has 0 spiro atoms. The van der Waals surface area contributed by atoms with Crippen molar-refractivity contribution in [2.75, 3.05) is 18.5 Å². The van der Waals surface area contributed by atoms with Gasteiger partial charge in [0.05, 0.1) is 6.20 Å². The van der Waals surface area contributed by atoms with Gasteiger partial charge in [-0.3, -0.25) is 4.90 Å². The SMILES string of the molecule is CNC(=O)N1CCc2cc(F)cnc21. The van der Waals surface area contributed by atoms with Crippen LogP contribution in [-0.2, 0) is 6.42 Å². The van der Waals surface area contributed by atoms with Gasteiger partial charge in [-0.2, -0.15) is 0 Å². The van der Waals surface area contributed by atoms with E-state index in [0.717, 1.165) is 11.8 Å². The van der Waals surface area contributed by atoms with Crippen molar-refractivity contribution in [1.29, 1.82) is 0 Å². The van der Waals surface area contributed by atoms with E-state index in [-0.39, 0.29) is 11.8 Å². The summed E-state index contributed by atoms with van der Waals surface area (Å²) in [5, 5.41) is 2.52. The van der Waals surface area contributed by atoms with Crippen molar-refractivity contribution in [3.8, 4) is 0 Å². The Balaban J connectivity index is 2.35. The highest BCUT2D eigenvalue weighted by Gasteiger charge is 2.25. The van der Waals surface area contributed by atoms with Gasteiger partial charge in [-0.15, -0.1) is 0 Å². The Kier molecular flexibility index (Phi) is 2.07. The van der Waals surface area contributed by atoms with Crippen molar-refractivity contribution in [2.24, 2.45) is 0 Å². The third-order valence-electron chi connectivity index (χ3n) is 2.23. The van der Waals surface area contributed by atoms with Gasteiger partial charge in [0.15, 0.2) is 0 Å². The van der Waals surface area contributed by atoms with E-state index in [9.17, 15) is 9.18 Å². The summed E-state index contributed by atoms with van der Waals surface area (Å²) in [4.78, 5) is 16.8. The number of rotatable bonds is 0. The lowest BCUT2D eigenvalue weighted by molar-refractivity contribution is 0.248. The van der Waals surface area contributed by atoms with Crippen molar-refractivity contribution in [2.45, 2.75) is 6.42 Å². The third kappa shape index (κ3) is 1.30. The molecule has 74 valence electrons. The Morgan fingerprint density at radius 1 is 1.71 bits per heavy atom. The van der Waals surface area contributed by atoms with Gasteiger partial charge < -0.3 is 5.32 Å². The fourth-order valence-electron chi connectivity index (χ4n) is 1.57. The number of hydrogen-bond acceptors (Lipinski definition) is 2. The molecule has 5 heteroatoms. The predicted octanol–water partition coefficient (Wildman–Crippen LogP) is 0.923. The van der Waals surface area contributed by atoms with E-state index in [2.05, 4.69) is 10.3 Å². The van der Waals surface area contributed by atoms with Gasteiger partial charge in [-0.05, 0) is 18.1 Å². The van der Waals surface area contributed by atoms with E-state index in [1.165, 1.54) is 11.0 Å². The van der Waals surface area contributed by atoms with Gasteiger partial charge in [0.2, 0.25) is 0 Å². The molecule has 0 bridgehead atoms. The van der Waals surface area contributed by atoms with Gasteiger partial charge >= 0.3 is 6.03 Å². The number of urea groups is 1. The van der Waals surface area contributed by atoms with Crippen LogP contribution in [0.3, 0.4) is 0 Å². The van der Waals surface area contributed by atoms with Crippen LogP contribution < -0.4 is 10.2 Å². The zero-order valence-electron chi connectivity index (χ0n) is 7.75. The van der Waals surface area contributed by atoms with Gasteiger partial charge in [0.1, 0.15) is 11.6 Å². The molecule has 0 unspecified atom stereocenters. The first-order valence-corrected chi connectivity index (χ1v) is 4.36. The number of aromatic nitrogens is 1. The zero-order chi connectivity index (χ0) is 10.1. The topological polar surface area (TPSA) is 45.2 Å². The summed E-state index contributed by atoms with van der Waals surface area (Å²) in [5.41, 5.74) is 0.786. The fraction of sp³-hybridized carbons (Fsp3) is 0.333. The van der Waals surface area contributed by atoms with Crippen molar-refractivity contribution in [1.82, 2.24) is 10.3 Å². The van der Waals surface area contributed by atoms with Crippen molar-refractivity contribution >= 4 is 11.8 Å². The molecule has 14 heavy (non-hydrogen) atoms. The number of anilines is 1. The van der Waals surface area contributed by atoms with Crippen LogP contribution in [0, 0.1) is 5.82 Å². The Labute approximate surface area is 80.7 Å². The van der Waals surface area contributed by atoms with Gasteiger partial charge in [0, 0.05) is 13.6 Å². The van der Waals surface area contributed by atoms with Crippen LogP contribution in [0.4, 0.5) is 15.0 Å². The molecule has 2 amide bonds. The molecular weight excluding hydrogens is 185 g/mol. The molecule has 0 saturated carbocycles. The Morgan fingerprint density at radius 2 is 2.50 bits per heavy atom. The summed E-state index contributed by atoms with van der Waals surface area (Å²) in [7, 11) is 1.56. The lowest BCUT2D eigenvalue weighted by Gasteiger charge is -2.14. The summed E-state index contributed by atoms with van der Waals surface area (Å²) >= 11 is 0. The zero-order valence-corrected chi connectivity index (χ0v) is 7.75. The number of fused-ring (bicyclic) bond motifs is 1. The molecule has 0 fully saturated rings. The first-order valence-electron chi connectivity index (χ1n) is 4.36. The maximum absolute atomic E-state index is 12.8. The molecule has 4 nitrogen and oxygen atoms in total. The second kappa shape index (κ2) is 3.25. The second-order valence-electron chi connectivity index (χ2n) is 3.09. The Hall–Kier alpha value is -1.65. The van der Waals surface area contributed by atoms with E-state index >= 15 is 0 Å². The summed E-state index contributed by atoms with van der Waals surface area (Å²) in [6.07, 6.45) is 1.79. The summed E-state index contributed by atoms with van der Waals surface area (Å²) in [6, 6.07) is 1.22. The molecule has 0 radical (unpaired) electrons. The van der Waals surface area contributed by atoms with Gasteiger partial charge in [-0.25, -0.2) is 14.2 Å². The highest BCUT2D eigenvalue weighted by atomic mass is 19.1. The van der Waals surface area contributed by atoms with Crippen LogP contribution in [-0.4, -0.2) is 24.6 Å². The van der Waals surface area contributed by atoms with Crippen LogP contribution in [0.5, 0.6) is 0 Å². The highest BCUT2D eigenvalue weighted by molar-refractivity contribution is 5.92. The molecule has 0 atom stereocenters. The number of pyridine rings is 1. The molecule has 2 rings (SSSR count). The number of nitrogens with one attached hydrogen (secondary N) is 1. The van der Waals surface area contributed by atoms with E-state index in [1.807, 2.05) is 0 Å². The number of amides is 2. The second-order valence-corrected chi connectivity index (χ2v) is 3.09. The highest BCUT2D eigenvalue weighted by Crippen LogP contribution is 2.25. The lowest BCUT2D eigenvalue weighted by Crippen LogP contribution is -2.37. The summed E-state index contributed by atoms with van der Waals surface area (Å²) in [5.74, 6) is 0.202. The molecule has 1 aromatic rings. The van der Waals surface area contributed by atoms with Gasteiger partial charge in [-0.1, -0.05) is 0 Å². The van der Waals surface area contributed by atoms with Crippen LogP contribution in [0.1, 0.15) is 5.56 Å². The minimum atomic E-state index is -0.359. The number of nitrogens with zero attached hydrogens (tertiary/aromatic N) is 2. The number of carbonyl (C=O) groups is 1. The van der Waals surface area contributed by atoms with Crippen LogP contribution >= 0.6 is 0 Å². The molecule has 2 heterocycles. The van der Waals surface area contributed by atoms with Crippen molar-refractivity contribution in [3.63, 3.8) is 0 Å². The monoisotopic (exact) mass is 195 g/mol. The quantitative estimate of drug-likeness (QED) is 0.669. The molecule has 1 aliphatic heterocycles. The lowest BCUT2D eigenvalue weighted by atomic mass is 10.2. The largest absolute Gasteiger partial charge is 0.341 e. The van der Waals surface area contributed by atoms with Crippen LogP contribution in [0.25, 0.3) is 0 Å². The Bertz CT molecular complexity index is 380. The minimum absolute atomic E-state index is 0.206. The third-order valence-corrected chi connectivity index (χ3v) is 2.23. The molecule has 0 aromatic carbocycles. The fourth-order valence-corrected chi connectivity index (χ4v) is 1.57. The van der Waals surface area contributed by atoms with E-state index in [1.54, 1.807) is 7.05 Å². The smallest absolute Gasteiger partial charge is 0.322 e. The first-order chi connectivity index (χ1) is 6.72. The molecular formula is C9H10FN3O. The maximum atomic E-state index is 12.8. The Morgan fingerprint density at radius 3 is 3.21 bits per heavy atom. The van der Waals surface area contributed by atoms with Crippen molar-refractivity contribution in [3.05, 3.63) is 23.6 Å². The van der Waals surface area contributed by atoms with Gasteiger partial charge in [0.25, 0.3) is 0 Å². The molecule has 1 aromatic heterocycles. The number of halogens is 1. The van der Waals surface area contributed by atoms with E-state index < -0.39 is 0 Å². The molecule has 0 aliphatic carbocycles. The molecule has 1 N–H and O–H groups in total. The molecule has 1 aliphatic rings. The van der Waals surface area contributed by atoms with Crippen LogP contribution in [0.2, 0.25) is 0 Å². The summed E-state index contributed by atoms with van der Waals surface area (Å²) < 4.78 is 12.8. The standard InChI is InChI=1S/C9H10FN3O/c1-11-9(14)13-3-2-6-4-7(10)5-12-8(6)13/h4-5H,2-3H2,1H3,(H,11,14). The van der Waals surface area contributed by atoms with Crippen LogP contribution in [0.15, 0.2) is 12.3 Å². The number of carbonyl (C=O) groups excluding carboxylic acids is 1.